The molecule has 0 rings (SSSR count). The molecule has 0 saturated carbocycles. The molecule has 1 N–H and O–H groups in total. The first-order chi connectivity index (χ1) is 5.20. The molecule has 0 aliphatic carbocycles. The van der Waals surface area contributed by atoms with Crippen molar-refractivity contribution < 1.29 is 9.84 Å². The summed E-state index contributed by atoms with van der Waals surface area (Å²) < 4.78 is 5.20. The van der Waals surface area contributed by atoms with Gasteiger partial charge in [0.15, 0.2) is 0 Å². The van der Waals surface area contributed by atoms with E-state index in [-0.39, 0.29) is 5.88 Å². The quantitative estimate of drug-likeness (QED) is 0.630. The first kappa shape index (κ1) is 11.2. The lowest BCUT2D eigenvalue weighted by Crippen LogP contribution is -2.18. The average molecular weight is 181 g/mol. The average Bonchev–Trinajstić information content (AvgIpc) is 2.04. The Morgan fingerprint density at radius 1 is 1.45 bits per heavy atom. The Labute approximate surface area is 73.5 Å². The van der Waals surface area contributed by atoms with E-state index in [0.29, 0.717) is 19.1 Å². The summed E-state index contributed by atoms with van der Waals surface area (Å²) in [6.07, 6.45) is 0.595. The Morgan fingerprint density at radius 2 is 2.09 bits per heavy atom. The lowest BCUT2D eigenvalue weighted by Gasteiger charge is -2.11. The van der Waals surface area contributed by atoms with E-state index in [1.807, 2.05) is 0 Å². The minimum Gasteiger partial charge on any atom is -0.389 e. The summed E-state index contributed by atoms with van der Waals surface area (Å²) in [6, 6.07) is 0. The number of aliphatic hydroxyl groups is 1. The third-order valence-electron chi connectivity index (χ3n) is 1.59. The van der Waals surface area contributed by atoms with Crippen molar-refractivity contribution in [1.82, 2.24) is 0 Å². The van der Waals surface area contributed by atoms with Gasteiger partial charge in [-0.15, -0.1) is 11.6 Å². The van der Waals surface area contributed by atoms with Crippen LogP contribution >= 0.6 is 11.6 Å². The van der Waals surface area contributed by atoms with Crippen LogP contribution in [0.25, 0.3) is 0 Å². The van der Waals surface area contributed by atoms with Gasteiger partial charge in [0.25, 0.3) is 0 Å². The second-order valence-electron chi connectivity index (χ2n) is 2.86. The second-order valence-corrected chi connectivity index (χ2v) is 3.17. The van der Waals surface area contributed by atoms with Gasteiger partial charge in [0.05, 0.1) is 18.6 Å². The molecule has 0 saturated heterocycles. The summed E-state index contributed by atoms with van der Waals surface area (Å²) in [5, 5.41) is 8.99. The molecule has 0 bridgehead atoms. The molecule has 0 amide bonds. The number of hydrogen-bond acceptors (Lipinski definition) is 2. The van der Waals surface area contributed by atoms with Crippen LogP contribution in [0.3, 0.4) is 0 Å². The van der Waals surface area contributed by atoms with Crippen LogP contribution in [0.15, 0.2) is 0 Å². The molecule has 0 aliphatic rings. The highest BCUT2D eigenvalue weighted by molar-refractivity contribution is 6.18. The maximum Gasteiger partial charge on any atom is 0.0908 e. The van der Waals surface area contributed by atoms with Crippen molar-refractivity contribution >= 4 is 11.6 Å². The number of hydrogen-bond donors (Lipinski definition) is 1. The van der Waals surface area contributed by atoms with Crippen molar-refractivity contribution in [3.63, 3.8) is 0 Å². The third kappa shape index (κ3) is 6.60. The summed E-state index contributed by atoms with van der Waals surface area (Å²) >= 11 is 5.37. The standard InChI is InChI=1S/C8H17ClO2/c1-3-7(2)5-11-6-8(10)4-9/h7-8,10H,3-6H2,1-2H3/t7-,8+/m0/s1. The van der Waals surface area contributed by atoms with Gasteiger partial charge in [-0.3, -0.25) is 0 Å². The van der Waals surface area contributed by atoms with E-state index in [2.05, 4.69) is 13.8 Å². The van der Waals surface area contributed by atoms with Crippen molar-refractivity contribution in [2.45, 2.75) is 26.4 Å². The molecule has 68 valence electrons. The van der Waals surface area contributed by atoms with Crippen LogP contribution in [0.2, 0.25) is 0 Å². The van der Waals surface area contributed by atoms with Gasteiger partial charge in [-0.1, -0.05) is 20.3 Å². The molecule has 0 heterocycles. The normalized spacial score (nSPS) is 16.4. The van der Waals surface area contributed by atoms with Gasteiger partial charge in [-0.2, -0.15) is 0 Å². The lowest BCUT2D eigenvalue weighted by molar-refractivity contribution is 0.0328. The minimum atomic E-state index is -0.513. The molecule has 0 aromatic heterocycles. The van der Waals surface area contributed by atoms with Gasteiger partial charge in [-0.05, 0) is 5.92 Å². The molecule has 2 nitrogen and oxygen atoms in total. The fraction of sp³-hybridized carbons (Fsp3) is 1.00. The topological polar surface area (TPSA) is 29.5 Å². The van der Waals surface area contributed by atoms with Crippen LogP contribution in [-0.2, 0) is 4.74 Å². The maximum atomic E-state index is 8.99. The van der Waals surface area contributed by atoms with Gasteiger partial charge < -0.3 is 9.84 Å². The molecule has 3 heteroatoms. The van der Waals surface area contributed by atoms with Gasteiger partial charge in [0.2, 0.25) is 0 Å². The Balaban J connectivity index is 3.13. The maximum absolute atomic E-state index is 8.99. The summed E-state index contributed by atoms with van der Waals surface area (Å²) in [6.45, 7) is 5.30. The predicted molar refractivity (Wildman–Crippen MR) is 47.0 cm³/mol. The van der Waals surface area contributed by atoms with Crippen molar-refractivity contribution in [3.05, 3.63) is 0 Å². The molecule has 0 fully saturated rings. The van der Waals surface area contributed by atoms with E-state index < -0.39 is 6.10 Å². The molecule has 11 heavy (non-hydrogen) atoms. The second kappa shape index (κ2) is 6.89. The van der Waals surface area contributed by atoms with E-state index in [9.17, 15) is 0 Å². The van der Waals surface area contributed by atoms with E-state index in [1.54, 1.807) is 0 Å². The first-order valence-electron chi connectivity index (χ1n) is 4.02. The highest BCUT2D eigenvalue weighted by atomic mass is 35.5. The Kier molecular flexibility index (Phi) is 7.02. The van der Waals surface area contributed by atoms with Crippen LogP contribution in [0, 0.1) is 5.92 Å². The monoisotopic (exact) mass is 180 g/mol. The number of aliphatic hydroxyl groups excluding tert-OH is 1. The predicted octanol–water partition coefficient (Wildman–Crippen LogP) is 1.65. The van der Waals surface area contributed by atoms with Crippen LogP contribution in [0.1, 0.15) is 20.3 Å². The molecular formula is C8H17ClO2. The summed E-state index contributed by atoms with van der Waals surface area (Å²) in [5.74, 6) is 0.818. The zero-order valence-corrected chi connectivity index (χ0v) is 7.97. The number of ether oxygens (including phenoxy) is 1. The summed E-state index contributed by atoms with van der Waals surface area (Å²) in [5.41, 5.74) is 0. The summed E-state index contributed by atoms with van der Waals surface area (Å²) in [7, 11) is 0. The van der Waals surface area contributed by atoms with E-state index in [1.165, 1.54) is 0 Å². The van der Waals surface area contributed by atoms with Gasteiger partial charge >= 0.3 is 0 Å². The van der Waals surface area contributed by atoms with Crippen LogP contribution in [0.4, 0.5) is 0 Å². The fourth-order valence-corrected chi connectivity index (χ4v) is 0.657. The molecule has 0 aromatic carbocycles. The van der Waals surface area contributed by atoms with Crippen LogP contribution in [-0.4, -0.2) is 30.3 Å². The lowest BCUT2D eigenvalue weighted by atomic mass is 10.1. The third-order valence-corrected chi connectivity index (χ3v) is 1.94. The van der Waals surface area contributed by atoms with Crippen molar-refractivity contribution in [2.24, 2.45) is 5.92 Å². The van der Waals surface area contributed by atoms with Crippen molar-refractivity contribution in [1.29, 1.82) is 0 Å². The Morgan fingerprint density at radius 3 is 2.55 bits per heavy atom. The molecule has 2 atom stereocenters. The highest BCUT2D eigenvalue weighted by Crippen LogP contribution is 2.01. The molecule has 0 aliphatic heterocycles. The first-order valence-corrected chi connectivity index (χ1v) is 4.55. The molecule has 0 aromatic rings. The number of halogens is 1. The molecular weight excluding hydrogens is 164 g/mol. The Bertz CT molecular complexity index is 78.2. The van der Waals surface area contributed by atoms with Crippen molar-refractivity contribution in [2.75, 3.05) is 19.1 Å². The zero-order chi connectivity index (χ0) is 8.69. The van der Waals surface area contributed by atoms with Gasteiger partial charge in [0, 0.05) is 6.61 Å². The molecule has 0 unspecified atom stereocenters. The fourth-order valence-electron chi connectivity index (χ4n) is 0.568. The largest absolute Gasteiger partial charge is 0.389 e. The minimum absolute atomic E-state index is 0.251. The SMILES string of the molecule is CC[C@H](C)COC[C@H](O)CCl. The van der Waals surface area contributed by atoms with E-state index in [0.717, 1.165) is 6.42 Å². The molecule has 0 spiro atoms. The van der Waals surface area contributed by atoms with Gasteiger partial charge in [-0.25, -0.2) is 0 Å². The van der Waals surface area contributed by atoms with Gasteiger partial charge in [0.1, 0.15) is 0 Å². The Hall–Kier alpha value is 0.210. The number of rotatable bonds is 6. The van der Waals surface area contributed by atoms with Crippen LogP contribution in [0.5, 0.6) is 0 Å². The van der Waals surface area contributed by atoms with E-state index >= 15 is 0 Å². The van der Waals surface area contributed by atoms with Crippen molar-refractivity contribution in [3.8, 4) is 0 Å². The van der Waals surface area contributed by atoms with Crippen LogP contribution < -0.4 is 0 Å². The van der Waals surface area contributed by atoms with E-state index in [4.69, 9.17) is 21.4 Å². The number of alkyl halides is 1. The highest BCUT2D eigenvalue weighted by Gasteiger charge is 2.03. The zero-order valence-electron chi connectivity index (χ0n) is 7.22. The smallest absolute Gasteiger partial charge is 0.0908 e. The molecule has 0 radical (unpaired) electrons. The summed E-state index contributed by atoms with van der Waals surface area (Å²) in [4.78, 5) is 0.